The van der Waals surface area contributed by atoms with Crippen molar-refractivity contribution in [2.45, 2.75) is 44.3 Å². The lowest BCUT2D eigenvalue weighted by molar-refractivity contribution is 0.0434. The fraction of sp³-hybridized carbons (Fsp3) is 0.333. The summed E-state index contributed by atoms with van der Waals surface area (Å²) in [6.07, 6.45) is 13.2. The molecular weight excluding hydrogens is 520 g/mol. The predicted octanol–water partition coefficient (Wildman–Crippen LogP) is 6.39. The molecule has 4 aromatic rings. The Morgan fingerprint density at radius 1 is 0.897 bits per heavy atom. The molecule has 29 heavy (non-hydrogen) atoms. The van der Waals surface area contributed by atoms with Crippen molar-refractivity contribution in [3.05, 3.63) is 69.4 Å². The molecule has 1 aliphatic carbocycles. The van der Waals surface area contributed by atoms with E-state index in [2.05, 4.69) is 46.2 Å². The normalized spacial score (nSPS) is 14.4. The van der Waals surface area contributed by atoms with Gasteiger partial charge in [0.05, 0.1) is 42.4 Å². The van der Waals surface area contributed by atoms with Crippen LogP contribution < -0.4 is 0 Å². The topological polar surface area (TPSA) is 43.8 Å². The molecule has 0 unspecified atom stereocenters. The van der Waals surface area contributed by atoms with Crippen LogP contribution in [-0.4, -0.2) is 24.9 Å². The van der Waals surface area contributed by atoms with E-state index in [1.165, 1.54) is 25.7 Å². The minimum atomic E-state index is 0.452. The summed E-state index contributed by atoms with van der Waals surface area (Å²) in [6, 6.07) is 7.91. The fourth-order valence-electron chi connectivity index (χ4n) is 3.47. The fourth-order valence-corrected chi connectivity index (χ4v) is 4.35. The lowest BCUT2D eigenvalue weighted by Crippen LogP contribution is -2.08. The summed E-state index contributed by atoms with van der Waals surface area (Å²) in [5.74, 6) is 0.484. The van der Waals surface area contributed by atoms with Gasteiger partial charge in [-0.15, -0.1) is 11.6 Å². The molecule has 0 radical (unpaired) electrons. The highest BCUT2D eigenvalue weighted by Crippen LogP contribution is 2.22. The Kier molecular flexibility index (Phi) is 6.90. The number of fused-ring (bicyclic) bond motifs is 2. The van der Waals surface area contributed by atoms with Crippen LogP contribution in [0.25, 0.3) is 11.3 Å². The number of imidazole rings is 2. The molecule has 0 aromatic carbocycles. The van der Waals surface area contributed by atoms with Crippen molar-refractivity contribution < 1.29 is 4.74 Å². The van der Waals surface area contributed by atoms with Gasteiger partial charge in [0.15, 0.2) is 0 Å². The van der Waals surface area contributed by atoms with E-state index in [-0.39, 0.29) is 0 Å². The molecule has 1 aliphatic rings. The second-order valence-corrected chi connectivity index (χ2v) is 9.10. The van der Waals surface area contributed by atoms with Crippen LogP contribution in [-0.2, 0) is 17.2 Å². The summed E-state index contributed by atoms with van der Waals surface area (Å²) >= 11 is 12.6. The Balaban J connectivity index is 0.000000150. The molecule has 152 valence electrons. The Morgan fingerprint density at radius 2 is 1.45 bits per heavy atom. The van der Waals surface area contributed by atoms with Crippen molar-refractivity contribution in [1.29, 1.82) is 0 Å². The zero-order valence-electron chi connectivity index (χ0n) is 15.8. The molecule has 1 fully saturated rings. The van der Waals surface area contributed by atoms with Crippen molar-refractivity contribution in [1.82, 2.24) is 18.8 Å². The van der Waals surface area contributed by atoms with Crippen LogP contribution >= 0.6 is 43.5 Å². The van der Waals surface area contributed by atoms with E-state index in [1.807, 2.05) is 47.3 Å². The van der Waals surface area contributed by atoms with Gasteiger partial charge in [-0.25, -0.2) is 9.97 Å². The molecule has 4 aromatic heterocycles. The number of halogens is 3. The summed E-state index contributed by atoms with van der Waals surface area (Å²) in [5, 5.41) is 0. The van der Waals surface area contributed by atoms with E-state index in [1.54, 1.807) is 6.20 Å². The molecule has 0 spiro atoms. The van der Waals surface area contributed by atoms with E-state index in [0.717, 1.165) is 31.6 Å². The molecule has 8 heteroatoms. The maximum atomic E-state index is 5.92. The summed E-state index contributed by atoms with van der Waals surface area (Å²) in [5.41, 5.74) is 4.02. The standard InChI is InChI=1S/C13H15BrN2O.C8H6BrClN2/c14-10-5-6-13-15-7-11(16(13)8-10)9-17-12-3-1-2-4-12;9-6-1-2-8-11-4-7(3-10)12(8)5-6/h5-8,12H,1-4,9H2;1-2,4-5H,3H2. The first-order valence-electron chi connectivity index (χ1n) is 9.54. The van der Waals surface area contributed by atoms with Gasteiger partial charge < -0.3 is 13.5 Å². The Hall–Kier alpha value is -1.41. The Labute approximate surface area is 191 Å². The van der Waals surface area contributed by atoms with Crippen molar-refractivity contribution >= 4 is 54.8 Å². The highest BCUT2D eigenvalue weighted by atomic mass is 79.9. The van der Waals surface area contributed by atoms with Crippen molar-refractivity contribution in [3.63, 3.8) is 0 Å². The molecule has 0 saturated heterocycles. The largest absolute Gasteiger partial charge is 0.372 e. The zero-order chi connectivity index (χ0) is 20.2. The molecule has 0 amide bonds. The average molecular weight is 541 g/mol. The maximum absolute atomic E-state index is 5.92. The monoisotopic (exact) mass is 538 g/mol. The summed E-state index contributed by atoms with van der Waals surface area (Å²) in [6.45, 7) is 0.655. The van der Waals surface area contributed by atoms with Crippen molar-refractivity contribution in [2.75, 3.05) is 0 Å². The summed E-state index contributed by atoms with van der Waals surface area (Å²) < 4.78 is 12.1. The highest BCUT2D eigenvalue weighted by Gasteiger charge is 2.16. The van der Waals surface area contributed by atoms with Crippen LogP contribution in [0.3, 0.4) is 0 Å². The molecule has 5 nitrogen and oxygen atoms in total. The van der Waals surface area contributed by atoms with Gasteiger partial charge in [-0.1, -0.05) is 12.8 Å². The van der Waals surface area contributed by atoms with Crippen LogP contribution in [0.4, 0.5) is 0 Å². The van der Waals surface area contributed by atoms with Gasteiger partial charge >= 0.3 is 0 Å². The molecule has 5 rings (SSSR count). The maximum Gasteiger partial charge on any atom is 0.137 e. The quantitative estimate of drug-likeness (QED) is 0.282. The lowest BCUT2D eigenvalue weighted by atomic mass is 10.3. The number of aromatic nitrogens is 4. The number of hydrogen-bond acceptors (Lipinski definition) is 3. The van der Waals surface area contributed by atoms with Crippen LogP contribution in [0.1, 0.15) is 37.1 Å². The third-order valence-corrected chi connectivity index (χ3v) is 6.21. The van der Waals surface area contributed by atoms with Crippen molar-refractivity contribution in [3.8, 4) is 0 Å². The van der Waals surface area contributed by atoms with E-state index in [9.17, 15) is 0 Å². The number of pyridine rings is 2. The molecular formula is C21H21Br2ClN4O. The van der Waals surface area contributed by atoms with Gasteiger partial charge in [0.1, 0.15) is 11.3 Å². The number of ether oxygens (including phenoxy) is 1. The Morgan fingerprint density at radius 3 is 2.03 bits per heavy atom. The highest BCUT2D eigenvalue weighted by molar-refractivity contribution is 9.10. The Bertz CT molecular complexity index is 1100. The van der Waals surface area contributed by atoms with Crippen molar-refractivity contribution in [2.24, 2.45) is 0 Å². The second-order valence-electron chi connectivity index (χ2n) is 7.00. The van der Waals surface area contributed by atoms with Crippen LogP contribution in [0.5, 0.6) is 0 Å². The number of alkyl halides is 1. The first-order chi connectivity index (χ1) is 14.1. The van der Waals surface area contributed by atoms with Gasteiger partial charge in [0.2, 0.25) is 0 Å². The third kappa shape index (κ3) is 5.02. The smallest absolute Gasteiger partial charge is 0.137 e. The van der Waals surface area contributed by atoms with Gasteiger partial charge in [0.25, 0.3) is 0 Å². The van der Waals surface area contributed by atoms with E-state index < -0.39 is 0 Å². The molecule has 0 atom stereocenters. The number of rotatable bonds is 4. The number of hydrogen-bond donors (Lipinski definition) is 0. The SMILES string of the molecule is Brc1ccc2ncc(COC3CCCC3)n2c1.ClCc1cnc2ccc(Br)cn12. The first-order valence-corrected chi connectivity index (χ1v) is 11.7. The third-order valence-electron chi connectivity index (χ3n) is 5.00. The molecule has 0 aliphatic heterocycles. The van der Waals surface area contributed by atoms with E-state index in [0.29, 0.717) is 18.6 Å². The molecule has 0 N–H and O–H groups in total. The molecule has 0 bridgehead atoms. The molecule has 1 saturated carbocycles. The van der Waals surface area contributed by atoms with E-state index >= 15 is 0 Å². The van der Waals surface area contributed by atoms with Gasteiger partial charge in [0, 0.05) is 21.3 Å². The first kappa shape index (κ1) is 20.8. The number of nitrogens with zero attached hydrogens (tertiary/aromatic N) is 4. The average Bonchev–Trinajstić information content (AvgIpc) is 3.46. The van der Waals surface area contributed by atoms with Crippen LogP contribution in [0, 0.1) is 0 Å². The molecule has 4 heterocycles. The van der Waals surface area contributed by atoms with Gasteiger partial charge in [-0.05, 0) is 69.0 Å². The second kappa shape index (κ2) is 9.60. The minimum Gasteiger partial charge on any atom is -0.372 e. The predicted molar refractivity (Wildman–Crippen MR) is 122 cm³/mol. The van der Waals surface area contributed by atoms with Crippen LogP contribution in [0.2, 0.25) is 0 Å². The van der Waals surface area contributed by atoms with Gasteiger partial charge in [-0.2, -0.15) is 0 Å². The van der Waals surface area contributed by atoms with Crippen LogP contribution in [0.15, 0.2) is 58.0 Å². The summed E-state index contributed by atoms with van der Waals surface area (Å²) in [4.78, 5) is 8.56. The minimum absolute atomic E-state index is 0.452. The summed E-state index contributed by atoms with van der Waals surface area (Å²) in [7, 11) is 0. The van der Waals surface area contributed by atoms with E-state index in [4.69, 9.17) is 16.3 Å². The van der Waals surface area contributed by atoms with Gasteiger partial charge in [-0.3, -0.25) is 0 Å². The zero-order valence-corrected chi connectivity index (χ0v) is 19.7. The lowest BCUT2D eigenvalue weighted by Gasteiger charge is -2.10.